The van der Waals surface area contributed by atoms with Crippen LogP contribution in [0.5, 0.6) is 0 Å². The van der Waals surface area contributed by atoms with Gasteiger partial charge in [-0.15, -0.1) is 0 Å². The number of aromatic nitrogens is 3. The van der Waals surface area contributed by atoms with Crippen LogP contribution in [0.4, 0.5) is 0 Å². The zero-order valence-corrected chi connectivity index (χ0v) is 10.7. The van der Waals surface area contributed by atoms with Crippen molar-refractivity contribution in [2.24, 2.45) is 5.92 Å². The number of nitrogens with one attached hydrogen (secondary N) is 1. The lowest BCUT2D eigenvalue weighted by Gasteiger charge is -2.05. The zero-order valence-electron chi connectivity index (χ0n) is 10.7. The Balaban J connectivity index is 1.80. The summed E-state index contributed by atoms with van der Waals surface area (Å²) in [5, 5.41) is 9.12. The molecular weight excluding hydrogens is 242 g/mol. The van der Waals surface area contributed by atoms with Gasteiger partial charge >= 0.3 is 5.97 Å². The van der Waals surface area contributed by atoms with E-state index in [1.54, 1.807) is 0 Å². The molecular formula is C14H17N3O2. The molecule has 0 aromatic carbocycles. The third-order valence-corrected chi connectivity index (χ3v) is 3.94. The second-order valence-electron chi connectivity index (χ2n) is 5.23. The quantitative estimate of drug-likeness (QED) is 0.884. The van der Waals surface area contributed by atoms with Crippen LogP contribution >= 0.6 is 0 Å². The van der Waals surface area contributed by atoms with Gasteiger partial charge in [0, 0.05) is 12.6 Å². The molecule has 100 valence electrons. The molecule has 1 aliphatic rings. The third kappa shape index (κ3) is 2.45. The molecule has 0 aliphatic heterocycles. The molecule has 1 aliphatic carbocycles. The van der Waals surface area contributed by atoms with E-state index in [2.05, 4.69) is 15.0 Å². The van der Waals surface area contributed by atoms with E-state index in [-0.39, 0.29) is 5.56 Å². The Hall–Kier alpha value is -1.91. The number of carboxylic acids is 1. The maximum atomic E-state index is 11.1. The zero-order chi connectivity index (χ0) is 13.2. The molecule has 2 N–H and O–H groups in total. The second-order valence-corrected chi connectivity index (χ2v) is 5.23. The molecule has 0 saturated heterocycles. The number of nitrogens with zero attached hydrogens (tertiary/aromatic N) is 2. The van der Waals surface area contributed by atoms with Gasteiger partial charge in [0.2, 0.25) is 0 Å². The Morgan fingerprint density at radius 1 is 1.42 bits per heavy atom. The van der Waals surface area contributed by atoms with Crippen LogP contribution < -0.4 is 0 Å². The number of carbonyl (C=O) groups is 1. The summed E-state index contributed by atoms with van der Waals surface area (Å²) in [4.78, 5) is 22.7. The largest absolute Gasteiger partial charge is 0.478 e. The number of fused-ring (bicyclic) bond motifs is 1. The van der Waals surface area contributed by atoms with Crippen LogP contribution in [0.3, 0.4) is 0 Å². The summed E-state index contributed by atoms with van der Waals surface area (Å²) in [5.74, 6) is 0.710. The van der Waals surface area contributed by atoms with Crippen LogP contribution in [0.1, 0.15) is 48.3 Å². The van der Waals surface area contributed by atoms with Crippen molar-refractivity contribution in [1.82, 2.24) is 15.0 Å². The standard InChI is InChI=1S/C14H17N3O2/c18-14(19)10-7-8-15-13-12(10)16-11(17-13)6-5-9-3-1-2-4-9/h7-9H,1-6H2,(H,18,19)(H,15,16,17). The van der Waals surface area contributed by atoms with Gasteiger partial charge in [-0.2, -0.15) is 0 Å². The topological polar surface area (TPSA) is 78.9 Å². The molecule has 19 heavy (non-hydrogen) atoms. The van der Waals surface area contributed by atoms with E-state index >= 15 is 0 Å². The van der Waals surface area contributed by atoms with Crippen LogP contribution in [0.25, 0.3) is 11.2 Å². The molecule has 0 bridgehead atoms. The van der Waals surface area contributed by atoms with Crippen LogP contribution in [-0.4, -0.2) is 26.0 Å². The van der Waals surface area contributed by atoms with Gasteiger partial charge in [0.05, 0.1) is 11.1 Å². The van der Waals surface area contributed by atoms with Gasteiger partial charge in [-0.25, -0.2) is 14.8 Å². The van der Waals surface area contributed by atoms with Crippen molar-refractivity contribution < 1.29 is 9.90 Å². The summed E-state index contributed by atoms with van der Waals surface area (Å²) in [7, 11) is 0. The van der Waals surface area contributed by atoms with Gasteiger partial charge in [0.15, 0.2) is 5.65 Å². The number of imidazole rings is 1. The van der Waals surface area contributed by atoms with Crippen LogP contribution in [0.2, 0.25) is 0 Å². The summed E-state index contributed by atoms with van der Waals surface area (Å²) in [6.07, 6.45) is 8.82. The molecule has 0 amide bonds. The molecule has 3 rings (SSSR count). The second kappa shape index (κ2) is 4.99. The fourth-order valence-electron chi connectivity index (χ4n) is 2.90. The van der Waals surface area contributed by atoms with Crippen molar-refractivity contribution in [3.05, 3.63) is 23.7 Å². The number of H-pyrrole nitrogens is 1. The van der Waals surface area contributed by atoms with Crippen molar-refractivity contribution >= 4 is 17.1 Å². The minimum atomic E-state index is -0.946. The molecule has 0 atom stereocenters. The molecule has 2 aromatic heterocycles. The van der Waals surface area contributed by atoms with Gasteiger partial charge < -0.3 is 10.1 Å². The highest BCUT2D eigenvalue weighted by atomic mass is 16.4. The van der Waals surface area contributed by atoms with Crippen molar-refractivity contribution in [1.29, 1.82) is 0 Å². The van der Waals surface area contributed by atoms with Gasteiger partial charge in [-0.3, -0.25) is 0 Å². The normalized spacial score (nSPS) is 16.2. The first kappa shape index (κ1) is 12.1. The molecule has 2 aromatic rings. The van der Waals surface area contributed by atoms with Gasteiger partial charge in [-0.05, 0) is 18.4 Å². The lowest BCUT2D eigenvalue weighted by molar-refractivity contribution is 0.0698. The molecule has 0 radical (unpaired) electrons. The Morgan fingerprint density at radius 3 is 2.95 bits per heavy atom. The maximum Gasteiger partial charge on any atom is 0.338 e. The summed E-state index contributed by atoms with van der Waals surface area (Å²) in [6.45, 7) is 0. The third-order valence-electron chi connectivity index (χ3n) is 3.94. The molecule has 1 fully saturated rings. The Bertz CT molecular complexity index is 600. The minimum Gasteiger partial charge on any atom is -0.478 e. The summed E-state index contributed by atoms with van der Waals surface area (Å²) in [5.41, 5.74) is 1.28. The number of aromatic carboxylic acids is 1. The highest BCUT2D eigenvalue weighted by Gasteiger charge is 2.17. The Morgan fingerprint density at radius 2 is 2.21 bits per heavy atom. The lowest BCUT2D eigenvalue weighted by atomic mass is 10.0. The molecule has 5 heteroatoms. The number of carboxylic acid groups (broad SMARTS) is 1. The highest BCUT2D eigenvalue weighted by Crippen LogP contribution is 2.28. The van der Waals surface area contributed by atoms with E-state index in [1.165, 1.54) is 37.9 Å². The molecule has 5 nitrogen and oxygen atoms in total. The fraction of sp³-hybridized carbons (Fsp3) is 0.500. The van der Waals surface area contributed by atoms with Crippen molar-refractivity contribution in [2.75, 3.05) is 0 Å². The maximum absolute atomic E-state index is 11.1. The molecule has 0 unspecified atom stereocenters. The molecule has 0 spiro atoms. The Labute approximate surface area is 111 Å². The first-order valence-corrected chi connectivity index (χ1v) is 6.81. The van der Waals surface area contributed by atoms with E-state index in [4.69, 9.17) is 5.11 Å². The van der Waals surface area contributed by atoms with E-state index in [0.717, 1.165) is 24.6 Å². The van der Waals surface area contributed by atoms with E-state index in [9.17, 15) is 4.79 Å². The minimum absolute atomic E-state index is 0.240. The number of aromatic amines is 1. The average molecular weight is 259 g/mol. The van der Waals surface area contributed by atoms with E-state index in [0.29, 0.717) is 11.2 Å². The van der Waals surface area contributed by atoms with E-state index in [1.807, 2.05) is 0 Å². The van der Waals surface area contributed by atoms with Crippen molar-refractivity contribution in [3.63, 3.8) is 0 Å². The molecule has 1 saturated carbocycles. The van der Waals surface area contributed by atoms with Crippen molar-refractivity contribution in [2.45, 2.75) is 38.5 Å². The monoisotopic (exact) mass is 259 g/mol. The fourth-order valence-corrected chi connectivity index (χ4v) is 2.90. The summed E-state index contributed by atoms with van der Waals surface area (Å²) < 4.78 is 0. The molecule has 2 heterocycles. The Kier molecular flexibility index (Phi) is 3.19. The predicted molar refractivity (Wildman–Crippen MR) is 71.1 cm³/mol. The van der Waals surface area contributed by atoms with Crippen LogP contribution in [0.15, 0.2) is 12.3 Å². The van der Waals surface area contributed by atoms with Gasteiger partial charge in [0.25, 0.3) is 0 Å². The lowest BCUT2D eigenvalue weighted by Crippen LogP contribution is -1.98. The number of hydrogen-bond donors (Lipinski definition) is 2. The first-order chi connectivity index (χ1) is 9.24. The van der Waals surface area contributed by atoms with Gasteiger partial charge in [-0.1, -0.05) is 25.7 Å². The summed E-state index contributed by atoms with van der Waals surface area (Å²) in [6, 6.07) is 1.50. The van der Waals surface area contributed by atoms with Crippen LogP contribution in [0, 0.1) is 5.92 Å². The van der Waals surface area contributed by atoms with Crippen molar-refractivity contribution in [3.8, 4) is 0 Å². The predicted octanol–water partition coefficient (Wildman–Crippen LogP) is 2.78. The highest BCUT2D eigenvalue weighted by molar-refractivity contribution is 5.99. The smallest absolute Gasteiger partial charge is 0.338 e. The number of aryl methyl sites for hydroxylation is 1. The van der Waals surface area contributed by atoms with Crippen LogP contribution in [-0.2, 0) is 6.42 Å². The SMILES string of the molecule is O=C(O)c1ccnc2nc(CCC3CCCC3)[nH]c12. The average Bonchev–Trinajstić information content (AvgIpc) is 3.04. The van der Waals surface area contributed by atoms with E-state index < -0.39 is 5.97 Å². The number of pyridine rings is 1. The first-order valence-electron chi connectivity index (χ1n) is 6.81. The number of hydrogen-bond acceptors (Lipinski definition) is 3. The van der Waals surface area contributed by atoms with Gasteiger partial charge in [0.1, 0.15) is 5.82 Å². The number of rotatable bonds is 4. The summed E-state index contributed by atoms with van der Waals surface area (Å²) >= 11 is 0.